The van der Waals surface area contributed by atoms with Gasteiger partial charge in [-0.15, -0.1) is 0 Å². The highest BCUT2D eigenvalue weighted by Gasteiger charge is 2.32. The zero-order chi connectivity index (χ0) is 18.6. The molecule has 0 aliphatic carbocycles. The van der Waals surface area contributed by atoms with Crippen LogP contribution in [0.3, 0.4) is 0 Å². The number of fused-ring (bicyclic) bond motifs is 1. The van der Waals surface area contributed by atoms with E-state index in [9.17, 15) is 9.59 Å². The van der Waals surface area contributed by atoms with Crippen LogP contribution >= 0.6 is 0 Å². The van der Waals surface area contributed by atoms with Gasteiger partial charge in [-0.25, -0.2) is 0 Å². The summed E-state index contributed by atoms with van der Waals surface area (Å²) in [7, 11) is 0. The van der Waals surface area contributed by atoms with E-state index in [2.05, 4.69) is 22.1 Å². The number of benzene rings is 1. The lowest BCUT2D eigenvalue weighted by Crippen LogP contribution is -2.29. The molecule has 0 spiro atoms. The van der Waals surface area contributed by atoms with Crippen LogP contribution in [-0.2, 0) is 6.42 Å². The molecule has 1 amide bonds. The van der Waals surface area contributed by atoms with Crippen LogP contribution < -0.4 is 20.3 Å². The number of pyridine rings is 1. The normalized spacial score (nSPS) is 13.8. The van der Waals surface area contributed by atoms with Crippen LogP contribution in [0.25, 0.3) is 0 Å². The number of H-pyrrole nitrogens is 1. The largest absolute Gasteiger partial charge is 0.483 e. The molecule has 0 radical (unpaired) electrons. The lowest BCUT2D eigenvalue weighted by Gasteiger charge is -2.17. The fourth-order valence-electron chi connectivity index (χ4n) is 2.75. The zero-order valence-corrected chi connectivity index (χ0v) is 14.7. The van der Waals surface area contributed by atoms with Crippen molar-refractivity contribution in [2.45, 2.75) is 25.9 Å². The first-order valence-corrected chi connectivity index (χ1v) is 8.32. The van der Waals surface area contributed by atoms with E-state index in [-0.39, 0.29) is 24.3 Å². The second-order valence-corrected chi connectivity index (χ2v) is 6.52. The lowest BCUT2D eigenvalue weighted by atomic mass is 10.0. The van der Waals surface area contributed by atoms with Gasteiger partial charge < -0.3 is 19.8 Å². The molecule has 0 atom stereocenters. The molecule has 6 nitrogen and oxygen atoms in total. The SMILES string of the molecule is CC1(C)Cc2cccc(OCC#CCNC(=O)c3ccc[nH]c3=O)c2O1. The molecule has 0 bridgehead atoms. The summed E-state index contributed by atoms with van der Waals surface area (Å²) in [5, 5.41) is 2.58. The zero-order valence-electron chi connectivity index (χ0n) is 14.7. The van der Waals surface area contributed by atoms with Gasteiger partial charge in [0.05, 0.1) is 6.54 Å². The highest BCUT2D eigenvalue weighted by Crippen LogP contribution is 2.41. The lowest BCUT2D eigenvalue weighted by molar-refractivity contribution is 0.0957. The van der Waals surface area contributed by atoms with Crippen molar-refractivity contribution in [1.82, 2.24) is 10.3 Å². The van der Waals surface area contributed by atoms with Gasteiger partial charge in [0.1, 0.15) is 17.8 Å². The highest BCUT2D eigenvalue weighted by atomic mass is 16.5. The molecule has 26 heavy (non-hydrogen) atoms. The standard InChI is InChI=1S/C20H20N2O4/c1-20(2)13-14-7-5-9-16(17(14)26-20)25-12-4-3-10-21-18(23)15-8-6-11-22-19(15)24/h5-9,11H,10,12-13H2,1-2H3,(H,21,23)(H,22,24). The van der Waals surface area contributed by atoms with Gasteiger partial charge in [-0.2, -0.15) is 0 Å². The maximum absolute atomic E-state index is 11.9. The van der Waals surface area contributed by atoms with Crippen LogP contribution in [0.4, 0.5) is 0 Å². The van der Waals surface area contributed by atoms with Crippen molar-refractivity contribution in [3.8, 4) is 23.3 Å². The Morgan fingerprint density at radius 1 is 1.31 bits per heavy atom. The topological polar surface area (TPSA) is 80.4 Å². The predicted molar refractivity (Wildman–Crippen MR) is 97.5 cm³/mol. The fourth-order valence-corrected chi connectivity index (χ4v) is 2.75. The smallest absolute Gasteiger partial charge is 0.260 e. The number of aromatic amines is 1. The summed E-state index contributed by atoms with van der Waals surface area (Å²) in [6.07, 6.45) is 2.32. The van der Waals surface area contributed by atoms with E-state index >= 15 is 0 Å². The Labute approximate surface area is 151 Å². The van der Waals surface area contributed by atoms with E-state index in [4.69, 9.17) is 9.47 Å². The van der Waals surface area contributed by atoms with Crippen molar-refractivity contribution >= 4 is 5.91 Å². The third-order valence-corrected chi connectivity index (χ3v) is 3.88. The van der Waals surface area contributed by atoms with Crippen molar-refractivity contribution in [2.75, 3.05) is 13.2 Å². The summed E-state index contributed by atoms with van der Waals surface area (Å²) < 4.78 is 11.6. The Bertz CT molecular complexity index is 935. The first-order valence-electron chi connectivity index (χ1n) is 8.32. The molecule has 0 unspecified atom stereocenters. The maximum atomic E-state index is 11.9. The van der Waals surface area contributed by atoms with Crippen LogP contribution in [-0.4, -0.2) is 29.6 Å². The van der Waals surface area contributed by atoms with Gasteiger partial charge in [-0.3, -0.25) is 9.59 Å². The van der Waals surface area contributed by atoms with Gasteiger partial charge in [0.15, 0.2) is 11.5 Å². The second kappa shape index (κ2) is 7.36. The number of nitrogens with one attached hydrogen (secondary N) is 2. The van der Waals surface area contributed by atoms with E-state index in [0.29, 0.717) is 5.75 Å². The molecule has 0 fully saturated rings. The molecule has 2 aromatic rings. The molecule has 1 aliphatic rings. The molecule has 1 aromatic heterocycles. The number of amides is 1. The van der Waals surface area contributed by atoms with Crippen molar-refractivity contribution in [3.63, 3.8) is 0 Å². The van der Waals surface area contributed by atoms with Crippen LogP contribution in [0.5, 0.6) is 11.5 Å². The minimum absolute atomic E-state index is 0.0603. The fraction of sp³-hybridized carbons (Fsp3) is 0.300. The number of hydrogen-bond donors (Lipinski definition) is 2. The molecule has 1 aromatic carbocycles. The summed E-state index contributed by atoms with van der Waals surface area (Å²) in [5.41, 5.74) is 0.528. The van der Waals surface area contributed by atoms with Gasteiger partial charge in [-0.1, -0.05) is 24.0 Å². The quantitative estimate of drug-likeness (QED) is 0.824. The van der Waals surface area contributed by atoms with Crippen molar-refractivity contribution in [2.24, 2.45) is 0 Å². The summed E-state index contributed by atoms with van der Waals surface area (Å²) in [4.78, 5) is 25.8. The van der Waals surface area contributed by atoms with Crippen LogP contribution in [0.15, 0.2) is 41.3 Å². The van der Waals surface area contributed by atoms with Crippen LogP contribution in [0.1, 0.15) is 29.8 Å². The molecule has 2 N–H and O–H groups in total. The highest BCUT2D eigenvalue weighted by molar-refractivity contribution is 5.93. The Hall–Kier alpha value is -3.20. The molecular weight excluding hydrogens is 332 g/mol. The average molecular weight is 352 g/mol. The predicted octanol–water partition coefficient (Wildman–Crippen LogP) is 1.90. The summed E-state index contributed by atoms with van der Waals surface area (Å²) in [6, 6.07) is 8.87. The molecular formula is C20H20N2O4. The maximum Gasteiger partial charge on any atom is 0.260 e. The number of para-hydroxylation sites is 1. The molecule has 134 valence electrons. The van der Waals surface area contributed by atoms with Crippen molar-refractivity contribution in [3.05, 3.63) is 58.0 Å². The monoisotopic (exact) mass is 352 g/mol. The van der Waals surface area contributed by atoms with E-state index in [1.165, 1.54) is 12.3 Å². The number of carbonyl (C=O) groups is 1. The first kappa shape index (κ1) is 17.6. The molecule has 6 heteroatoms. The molecule has 2 heterocycles. The molecule has 3 rings (SSSR count). The summed E-state index contributed by atoms with van der Waals surface area (Å²) in [6.45, 7) is 4.39. The van der Waals surface area contributed by atoms with Gasteiger partial charge in [0, 0.05) is 18.2 Å². The number of hydrogen-bond acceptors (Lipinski definition) is 4. The Morgan fingerprint density at radius 2 is 2.15 bits per heavy atom. The van der Waals surface area contributed by atoms with Crippen molar-refractivity contribution < 1.29 is 14.3 Å². The second-order valence-electron chi connectivity index (χ2n) is 6.52. The number of carbonyl (C=O) groups excluding carboxylic acids is 1. The van der Waals surface area contributed by atoms with Gasteiger partial charge in [0.2, 0.25) is 0 Å². The first-order chi connectivity index (χ1) is 12.5. The molecule has 0 saturated carbocycles. The van der Waals surface area contributed by atoms with E-state index in [1.54, 1.807) is 6.07 Å². The summed E-state index contributed by atoms with van der Waals surface area (Å²) >= 11 is 0. The number of aromatic nitrogens is 1. The van der Waals surface area contributed by atoms with Crippen LogP contribution in [0.2, 0.25) is 0 Å². The number of ether oxygens (including phenoxy) is 2. The third-order valence-electron chi connectivity index (χ3n) is 3.88. The van der Waals surface area contributed by atoms with E-state index < -0.39 is 11.5 Å². The minimum Gasteiger partial charge on any atom is -0.483 e. The Kier molecular flexibility index (Phi) is 4.99. The van der Waals surface area contributed by atoms with Crippen molar-refractivity contribution in [1.29, 1.82) is 0 Å². The van der Waals surface area contributed by atoms with Crippen LogP contribution in [0, 0.1) is 11.8 Å². The molecule has 1 aliphatic heterocycles. The van der Waals surface area contributed by atoms with Gasteiger partial charge in [0.25, 0.3) is 11.5 Å². The Morgan fingerprint density at radius 3 is 2.96 bits per heavy atom. The Balaban J connectivity index is 1.50. The van der Waals surface area contributed by atoms with Gasteiger partial charge >= 0.3 is 0 Å². The number of rotatable bonds is 4. The van der Waals surface area contributed by atoms with E-state index in [0.717, 1.165) is 17.7 Å². The van der Waals surface area contributed by atoms with Gasteiger partial charge in [-0.05, 0) is 32.0 Å². The average Bonchev–Trinajstić information content (AvgIpc) is 2.92. The minimum atomic E-state index is -0.460. The third kappa shape index (κ3) is 4.06. The molecule has 0 saturated heterocycles. The summed E-state index contributed by atoms with van der Waals surface area (Å²) in [5.74, 6) is 6.62. The van der Waals surface area contributed by atoms with E-state index in [1.807, 2.05) is 32.0 Å².